The molecule has 50 valence electrons. The Kier molecular flexibility index (Phi) is 1.14. The molecule has 1 aliphatic heterocycles. The molecule has 0 amide bonds. The second-order valence-electron chi connectivity index (χ2n) is 2.01. The molecule has 2 rings (SSSR count). The van der Waals surface area contributed by atoms with Gasteiger partial charge in [-0.25, -0.2) is 0 Å². The van der Waals surface area contributed by atoms with E-state index in [1.54, 1.807) is 6.20 Å². The van der Waals surface area contributed by atoms with Crippen LogP contribution in [0.15, 0.2) is 12.3 Å². The largest absolute Gasteiger partial charge is 0.610 e. The molecule has 0 aromatic carbocycles. The lowest BCUT2D eigenvalue weighted by molar-refractivity contribution is 0.539. The summed E-state index contributed by atoms with van der Waals surface area (Å²) in [4.78, 5) is 4.05. The van der Waals surface area contributed by atoms with Crippen LogP contribution in [-0.2, 0) is 0 Å². The first-order valence-electron chi connectivity index (χ1n) is 2.92. The number of nitrogens with zero attached hydrogens (tertiary/aromatic N) is 1. The Morgan fingerprint density at radius 3 is 3.20 bits per heavy atom. The number of rotatable bonds is 0. The molecule has 0 spiro atoms. The van der Waals surface area contributed by atoms with Crippen molar-refractivity contribution in [1.82, 2.24) is 4.98 Å². The van der Waals surface area contributed by atoms with Crippen molar-refractivity contribution >= 4 is 10.0 Å². The van der Waals surface area contributed by atoms with Crippen molar-refractivity contribution in [2.24, 2.45) is 0 Å². The minimum absolute atomic E-state index is 0.103. The van der Waals surface area contributed by atoms with E-state index in [4.69, 9.17) is 8.85 Å². The van der Waals surface area contributed by atoms with E-state index >= 15 is 0 Å². The molecule has 2 radical (unpaired) electrons. The molecule has 0 bridgehead atoms. The maximum atomic E-state index is 5.17. The summed E-state index contributed by atoms with van der Waals surface area (Å²) in [5.41, 5.74) is 0.891. The van der Waals surface area contributed by atoms with E-state index in [1.165, 1.54) is 0 Å². The van der Waals surface area contributed by atoms with Gasteiger partial charge >= 0.3 is 10.0 Å². The molecule has 0 aliphatic carbocycles. The molecule has 0 saturated carbocycles. The minimum Gasteiger partial charge on any atom is -0.505 e. The fourth-order valence-corrected chi connectivity index (χ4v) is 1.47. The second kappa shape index (κ2) is 1.98. The number of pyridine rings is 1. The summed E-state index contributed by atoms with van der Waals surface area (Å²) >= 11 is 0. The van der Waals surface area contributed by atoms with Gasteiger partial charge in [0.15, 0.2) is 11.5 Å². The Bertz CT molecular complexity index is 264. The van der Waals surface area contributed by atoms with E-state index in [-0.39, 0.29) is 10.0 Å². The molecule has 0 atom stereocenters. The average Bonchev–Trinajstić information content (AvgIpc) is 2.36. The van der Waals surface area contributed by atoms with Gasteiger partial charge in [0.1, 0.15) is 0 Å². The molecule has 1 aliphatic rings. The molecule has 0 N–H and O–H groups in total. The topological polar surface area (TPSA) is 31.4 Å². The van der Waals surface area contributed by atoms with Gasteiger partial charge < -0.3 is 8.85 Å². The van der Waals surface area contributed by atoms with Crippen molar-refractivity contribution in [1.29, 1.82) is 0 Å². The maximum Gasteiger partial charge on any atom is 0.610 e. The molecule has 2 heterocycles. The van der Waals surface area contributed by atoms with Gasteiger partial charge in [-0.15, -0.1) is 0 Å². The van der Waals surface area contributed by atoms with Crippen LogP contribution in [0.4, 0.5) is 0 Å². The molecular formula is C6H5NO2Si. The number of hydrogen-bond donors (Lipinski definition) is 0. The Balaban J connectivity index is 2.59. The summed E-state index contributed by atoms with van der Waals surface area (Å²) in [6.07, 6.45) is 1.72. The highest BCUT2D eigenvalue weighted by Crippen LogP contribution is 2.32. The van der Waals surface area contributed by atoms with Gasteiger partial charge in [-0.3, -0.25) is 4.98 Å². The summed E-state index contributed by atoms with van der Waals surface area (Å²) in [7, 11) is 0.103. The van der Waals surface area contributed by atoms with E-state index in [0.717, 1.165) is 17.2 Å². The standard InChI is InChI=1S/C6H5NO2Si/c1-4-6-5(2-3-7-4)8-10-9-6/h2-3H,1H3. The lowest BCUT2D eigenvalue weighted by atomic mass is 10.3. The van der Waals surface area contributed by atoms with Crippen LogP contribution in [0, 0.1) is 6.92 Å². The third kappa shape index (κ3) is 0.690. The highest BCUT2D eigenvalue weighted by molar-refractivity contribution is 6.23. The highest BCUT2D eigenvalue weighted by Gasteiger charge is 2.18. The fraction of sp³-hybridized carbons (Fsp3) is 0.167. The predicted molar refractivity (Wildman–Crippen MR) is 36.0 cm³/mol. The zero-order chi connectivity index (χ0) is 6.97. The summed E-state index contributed by atoms with van der Waals surface area (Å²) in [5.74, 6) is 1.60. The Morgan fingerprint density at radius 2 is 2.40 bits per heavy atom. The van der Waals surface area contributed by atoms with Gasteiger partial charge in [0.25, 0.3) is 0 Å². The zero-order valence-corrected chi connectivity index (χ0v) is 6.42. The lowest BCUT2D eigenvalue weighted by Gasteiger charge is -1.97. The molecule has 1 aromatic heterocycles. The Hall–Kier alpha value is -1.03. The number of fused-ring (bicyclic) bond motifs is 1. The Morgan fingerprint density at radius 1 is 1.50 bits per heavy atom. The van der Waals surface area contributed by atoms with Gasteiger partial charge in [-0.05, 0) is 6.92 Å². The van der Waals surface area contributed by atoms with Crippen LogP contribution in [0.3, 0.4) is 0 Å². The van der Waals surface area contributed by atoms with Crippen molar-refractivity contribution in [2.75, 3.05) is 0 Å². The van der Waals surface area contributed by atoms with E-state index < -0.39 is 0 Å². The van der Waals surface area contributed by atoms with E-state index in [1.807, 2.05) is 13.0 Å². The van der Waals surface area contributed by atoms with Crippen LogP contribution < -0.4 is 8.85 Å². The first kappa shape index (κ1) is 5.73. The van der Waals surface area contributed by atoms with Gasteiger partial charge in [0, 0.05) is 12.3 Å². The van der Waals surface area contributed by atoms with E-state index in [2.05, 4.69) is 4.98 Å². The molecule has 4 heteroatoms. The van der Waals surface area contributed by atoms with E-state index in [0.29, 0.717) is 0 Å². The molecule has 0 saturated heterocycles. The fourth-order valence-electron chi connectivity index (χ4n) is 0.841. The van der Waals surface area contributed by atoms with Crippen molar-refractivity contribution in [3.8, 4) is 11.5 Å². The monoisotopic (exact) mass is 151 g/mol. The Labute approximate surface area is 61.1 Å². The van der Waals surface area contributed by atoms with E-state index in [9.17, 15) is 0 Å². The van der Waals surface area contributed by atoms with Gasteiger partial charge in [0.05, 0.1) is 5.69 Å². The first-order chi connectivity index (χ1) is 4.88. The average molecular weight is 151 g/mol. The zero-order valence-electron chi connectivity index (χ0n) is 5.42. The van der Waals surface area contributed by atoms with Crippen LogP contribution in [-0.4, -0.2) is 15.0 Å². The molecule has 1 aromatic rings. The van der Waals surface area contributed by atoms with Crippen LogP contribution in [0.5, 0.6) is 11.5 Å². The highest BCUT2D eigenvalue weighted by atomic mass is 28.3. The summed E-state index contributed by atoms with van der Waals surface area (Å²) in [6, 6.07) is 1.81. The maximum absolute atomic E-state index is 5.17. The lowest BCUT2D eigenvalue weighted by Crippen LogP contribution is -2.00. The number of aryl methyl sites for hydroxylation is 1. The molecular weight excluding hydrogens is 146 g/mol. The SMILES string of the molecule is Cc1nccc2c1O[Si]O2. The van der Waals surface area contributed by atoms with Crippen LogP contribution in [0.2, 0.25) is 0 Å². The van der Waals surface area contributed by atoms with Crippen LogP contribution >= 0.6 is 0 Å². The molecule has 0 unspecified atom stereocenters. The first-order valence-corrected chi connectivity index (χ1v) is 3.74. The molecule has 10 heavy (non-hydrogen) atoms. The minimum atomic E-state index is 0.103. The van der Waals surface area contributed by atoms with Crippen molar-refractivity contribution in [3.05, 3.63) is 18.0 Å². The van der Waals surface area contributed by atoms with Crippen LogP contribution in [0.1, 0.15) is 5.69 Å². The quantitative estimate of drug-likeness (QED) is 0.511. The summed E-state index contributed by atoms with van der Waals surface area (Å²) < 4.78 is 10.3. The van der Waals surface area contributed by atoms with Crippen molar-refractivity contribution in [2.45, 2.75) is 6.92 Å². The normalized spacial score (nSPS) is 13.7. The van der Waals surface area contributed by atoms with Gasteiger partial charge in [0.2, 0.25) is 0 Å². The molecule has 0 fully saturated rings. The van der Waals surface area contributed by atoms with Gasteiger partial charge in [-0.1, -0.05) is 0 Å². The predicted octanol–water partition coefficient (Wildman–Crippen LogP) is 0.695. The smallest absolute Gasteiger partial charge is 0.505 e. The van der Waals surface area contributed by atoms with Crippen molar-refractivity contribution < 1.29 is 8.85 Å². The summed E-state index contributed by atoms with van der Waals surface area (Å²) in [6.45, 7) is 1.90. The third-order valence-electron chi connectivity index (χ3n) is 1.34. The number of aromatic nitrogens is 1. The molecule has 3 nitrogen and oxygen atoms in total. The second-order valence-corrected chi connectivity index (χ2v) is 2.59. The van der Waals surface area contributed by atoms with Crippen LogP contribution in [0.25, 0.3) is 0 Å². The third-order valence-corrected chi connectivity index (χ3v) is 1.93. The van der Waals surface area contributed by atoms with Crippen molar-refractivity contribution in [3.63, 3.8) is 0 Å². The number of hydrogen-bond acceptors (Lipinski definition) is 3. The van der Waals surface area contributed by atoms with Gasteiger partial charge in [-0.2, -0.15) is 0 Å². The summed E-state index contributed by atoms with van der Waals surface area (Å²) in [5, 5.41) is 0.